The zero-order chi connectivity index (χ0) is 15.9. The molecule has 4 nitrogen and oxygen atoms in total. The van der Waals surface area contributed by atoms with Gasteiger partial charge in [-0.25, -0.2) is 0 Å². The van der Waals surface area contributed by atoms with E-state index in [1.165, 1.54) is 6.07 Å². The van der Waals surface area contributed by atoms with Crippen LogP contribution in [0.15, 0.2) is 53.0 Å². The monoisotopic (exact) mass is 295 g/mol. The molecule has 1 aliphatic rings. The Balaban J connectivity index is 2.36. The summed E-state index contributed by atoms with van der Waals surface area (Å²) in [6.45, 7) is 5.88. The number of hydrogen-bond donors (Lipinski definition) is 0. The summed E-state index contributed by atoms with van der Waals surface area (Å²) in [5.74, 6) is 0.673. The van der Waals surface area contributed by atoms with Crippen molar-refractivity contribution in [3.63, 3.8) is 0 Å². The molecule has 0 atom stereocenters. The summed E-state index contributed by atoms with van der Waals surface area (Å²) >= 11 is 0. The van der Waals surface area contributed by atoms with E-state index in [0.717, 1.165) is 23.1 Å². The molecule has 0 fully saturated rings. The molecule has 1 aromatic heterocycles. The second-order valence-electron chi connectivity index (χ2n) is 5.87. The number of benzene rings is 1. The van der Waals surface area contributed by atoms with Gasteiger partial charge < -0.3 is 4.74 Å². The molecule has 0 spiro atoms. The van der Waals surface area contributed by atoms with Crippen LogP contribution in [0.3, 0.4) is 0 Å². The summed E-state index contributed by atoms with van der Waals surface area (Å²) in [6.07, 6.45) is 2.53. The quantitative estimate of drug-likeness (QED) is 0.800. The maximum Gasteiger partial charge on any atom is 0.255 e. The summed E-state index contributed by atoms with van der Waals surface area (Å²) in [7, 11) is 0. The van der Waals surface area contributed by atoms with Gasteiger partial charge >= 0.3 is 0 Å². The van der Waals surface area contributed by atoms with Crippen LogP contribution in [-0.4, -0.2) is 16.5 Å². The Morgan fingerprint density at radius 3 is 2.64 bits per heavy atom. The topological polar surface area (TPSA) is 48.3 Å². The number of carbonyl (C=O) groups is 1. The zero-order valence-corrected chi connectivity index (χ0v) is 12.8. The third-order valence-electron chi connectivity index (χ3n) is 4.08. The Morgan fingerprint density at radius 1 is 1.18 bits per heavy atom. The number of rotatable bonds is 2. The number of pyridine rings is 1. The molecular weight excluding hydrogens is 278 g/mol. The first-order valence-electron chi connectivity index (χ1n) is 7.12. The summed E-state index contributed by atoms with van der Waals surface area (Å²) in [5, 5.41) is 0. The minimum atomic E-state index is -0.527. The van der Waals surface area contributed by atoms with Crippen molar-refractivity contribution in [2.24, 2.45) is 0 Å². The lowest BCUT2D eigenvalue weighted by molar-refractivity contribution is 0.112. The van der Waals surface area contributed by atoms with Crippen molar-refractivity contribution >= 4 is 12.0 Å². The van der Waals surface area contributed by atoms with Crippen LogP contribution in [-0.2, 0) is 0 Å². The number of ether oxygens (including phenoxy) is 1. The molecule has 2 aromatic rings. The van der Waals surface area contributed by atoms with Crippen LogP contribution in [0.2, 0.25) is 0 Å². The lowest BCUT2D eigenvalue weighted by Crippen LogP contribution is -2.36. The van der Waals surface area contributed by atoms with E-state index in [-0.39, 0.29) is 5.56 Å². The van der Waals surface area contributed by atoms with Gasteiger partial charge in [0, 0.05) is 23.4 Å². The van der Waals surface area contributed by atoms with Gasteiger partial charge in [0.05, 0.1) is 5.70 Å². The molecule has 1 aromatic carbocycles. The Hall–Kier alpha value is -2.62. The number of aromatic nitrogens is 1. The minimum absolute atomic E-state index is 0.114. The lowest BCUT2D eigenvalue weighted by Gasteiger charge is -2.36. The van der Waals surface area contributed by atoms with Crippen LogP contribution in [0.4, 0.5) is 0 Å². The van der Waals surface area contributed by atoms with Crippen molar-refractivity contribution in [3.05, 3.63) is 69.6 Å². The SMILES string of the molecule is CC1=C(n2ccccc2=O)c2cc(C=O)ccc2OC1(C)C. The molecule has 0 unspecified atom stereocenters. The van der Waals surface area contributed by atoms with Crippen LogP contribution >= 0.6 is 0 Å². The highest BCUT2D eigenvalue weighted by molar-refractivity contribution is 5.82. The molecule has 2 heterocycles. The van der Waals surface area contributed by atoms with E-state index in [9.17, 15) is 9.59 Å². The molecule has 0 saturated carbocycles. The van der Waals surface area contributed by atoms with Crippen LogP contribution < -0.4 is 10.3 Å². The first-order valence-corrected chi connectivity index (χ1v) is 7.12. The number of nitrogens with zero attached hydrogens (tertiary/aromatic N) is 1. The fraction of sp³-hybridized carbons (Fsp3) is 0.222. The third-order valence-corrected chi connectivity index (χ3v) is 4.08. The average Bonchev–Trinajstić information content (AvgIpc) is 2.49. The molecule has 22 heavy (non-hydrogen) atoms. The summed E-state index contributed by atoms with van der Waals surface area (Å²) in [4.78, 5) is 23.3. The molecule has 4 heteroatoms. The first kappa shape index (κ1) is 14.3. The molecule has 112 valence electrons. The molecule has 0 radical (unpaired) electrons. The number of carbonyl (C=O) groups excluding carboxylic acids is 1. The van der Waals surface area contributed by atoms with Gasteiger partial charge in [-0.05, 0) is 50.6 Å². The standard InChI is InChI=1S/C18H17NO3/c1-12-17(19-9-5-4-6-16(19)21)14-10-13(11-20)7-8-15(14)22-18(12,2)3/h4-11H,1-3H3. The fourth-order valence-electron chi connectivity index (χ4n) is 2.66. The molecule has 0 saturated heterocycles. The summed E-state index contributed by atoms with van der Waals surface area (Å²) in [5.41, 5.74) is 2.39. The van der Waals surface area contributed by atoms with Crippen molar-refractivity contribution in [2.45, 2.75) is 26.4 Å². The number of fused-ring (bicyclic) bond motifs is 1. The maximum atomic E-state index is 12.3. The number of aldehydes is 1. The smallest absolute Gasteiger partial charge is 0.255 e. The molecule has 0 bridgehead atoms. The normalized spacial score (nSPS) is 16.0. The molecule has 0 N–H and O–H groups in total. The highest BCUT2D eigenvalue weighted by atomic mass is 16.5. The van der Waals surface area contributed by atoms with Gasteiger partial charge in [0.15, 0.2) is 0 Å². The van der Waals surface area contributed by atoms with Gasteiger partial charge in [-0.1, -0.05) is 6.07 Å². The van der Waals surface area contributed by atoms with E-state index in [0.29, 0.717) is 11.3 Å². The Kier molecular flexibility index (Phi) is 3.24. The van der Waals surface area contributed by atoms with Crippen LogP contribution in [0, 0.1) is 0 Å². The van der Waals surface area contributed by atoms with E-state index in [1.807, 2.05) is 26.8 Å². The van der Waals surface area contributed by atoms with E-state index in [4.69, 9.17) is 4.74 Å². The fourth-order valence-corrected chi connectivity index (χ4v) is 2.66. The van der Waals surface area contributed by atoms with Crippen LogP contribution in [0.25, 0.3) is 5.70 Å². The molecular formula is C18H17NO3. The van der Waals surface area contributed by atoms with Crippen LogP contribution in [0.1, 0.15) is 36.7 Å². The molecule has 0 aliphatic carbocycles. The van der Waals surface area contributed by atoms with Gasteiger partial charge in [-0.2, -0.15) is 0 Å². The second-order valence-corrected chi connectivity index (χ2v) is 5.87. The predicted octanol–water partition coefficient (Wildman–Crippen LogP) is 3.11. The summed E-state index contributed by atoms with van der Waals surface area (Å²) in [6, 6.07) is 10.3. The Bertz CT molecular complexity index is 843. The average molecular weight is 295 g/mol. The number of hydrogen-bond acceptors (Lipinski definition) is 3. The van der Waals surface area contributed by atoms with Crippen molar-refractivity contribution in [1.82, 2.24) is 4.57 Å². The highest BCUT2D eigenvalue weighted by Crippen LogP contribution is 2.41. The van der Waals surface area contributed by atoms with E-state index in [2.05, 4.69) is 0 Å². The Labute approximate surface area is 128 Å². The van der Waals surface area contributed by atoms with Gasteiger partial charge in [-0.3, -0.25) is 14.2 Å². The van der Waals surface area contributed by atoms with Gasteiger partial charge in [0.25, 0.3) is 5.56 Å². The maximum absolute atomic E-state index is 12.3. The first-order chi connectivity index (χ1) is 10.4. The van der Waals surface area contributed by atoms with Gasteiger partial charge in [-0.15, -0.1) is 0 Å². The molecule has 0 amide bonds. The van der Waals surface area contributed by atoms with Crippen molar-refractivity contribution in [1.29, 1.82) is 0 Å². The van der Waals surface area contributed by atoms with Crippen molar-refractivity contribution < 1.29 is 9.53 Å². The Morgan fingerprint density at radius 2 is 1.95 bits per heavy atom. The summed E-state index contributed by atoms with van der Waals surface area (Å²) < 4.78 is 7.64. The van der Waals surface area contributed by atoms with E-state index < -0.39 is 5.60 Å². The van der Waals surface area contributed by atoms with E-state index in [1.54, 1.807) is 35.0 Å². The zero-order valence-electron chi connectivity index (χ0n) is 12.8. The molecule has 3 rings (SSSR count). The van der Waals surface area contributed by atoms with E-state index >= 15 is 0 Å². The minimum Gasteiger partial charge on any atom is -0.483 e. The lowest BCUT2D eigenvalue weighted by atomic mass is 9.90. The van der Waals surface area contributed by atoms with Gasteiger partial charge in [0.1, 0.15) is 17.6 Å². The van der Waals surface area contributed by atoms with Crippen molar-refractivity contribution in [3.8, 4) is 5.75 Å². The third kappa shape index (κ3) is 2.17. The predicted molar refractivity (Wildman–Crippen MR) is 85.2 cm³/mol. The highest BCUT2D eigenvalue weighted by Gasteiger charge is 2.33. The van der Waals surface area contributed by atoms with Gasteiger partial charge in [0.2, 0.25) is 0 Å². The van der Waals surface area contributed by atoms with Crippen LogP contribution in [0.5, 0.6) is 5.75 Å². The molecule has 1 aliphatic heterocycles. The van der Waals surface area contributed by atoms with Crippen molar-refractivity contribution in [2.75, 3.05) is 0 Å². The largest absolute Gasteiger partial charge is 0.483 e. The second kappa shape index (κ2) is 4.98.